The maximum atomic E-state index is 10.0. The summed E-state index contributed by atoms with van der Waals surface area (Å²) >= 11 is 0. The van der Waals surface area contributed by atoms with E-state index in [1.165, 1.54) is 5.56 Å². The number of nitrogens with zero attached hydrogens (tertiary/aromatic N) is 2. The average molecular weight is 224 g/mol. The monoisotopic (exact) mass is 224 g/mol. The van der Waals surface area contributed by atoms with Gasteiger partial charge in [-0.2, -0.15) is 5.10 Å². The molecule has 0 radical (unpaired) electrons. The van der Waals surface area contributed by atoms with Gasteiger partial charge in [0, 0.05) is 19.9 Å². The minimum Gasteiger partial charge on any atom is -0.390 e. The number of ether oxygens (including phenoxy) is 1. The molecule has 1 aromatic rings. The van der Waals surface area contributed by atoms with Crippen LogP contribution in [0.3, 0.4) is 0 Å². The molecule has 3 unspecified atom stereocenters. The first-order valence-corrected chi connectivity index (χ1v) is 5.94. The highest BCUT2D eigenvalue weighted by molar-refractivity contribution is 5.04. The second-order valence-electron chi connectivity index (χ2n) is 4.73. The number of aliphatic hydroxyl groups is 1. The van der Waals surface area contributed by atoms with Crippen molar-refractivity contribution in [2.45, 2.75) is 38.4 Å². The van der Waals surface area contributed by atoms with E-state index in [9.17, 15) is 5.11 Å². The molecule has 2 rings (SSSR count). The number of rotatable bonds is 4. The second-order valence-corrected chi connectivity index (χ2v) is 4.73. The Morgan fingerprint density at radius 3 is 3.06 bits per heavy atom. The van der Waals surface area contributed by atoms with Crippen LogP contribution in [0.1, 0.15) is 25.3 Å². The summed E-state index contributed by atoms with van der Waals surface area (Å²) in [5, 5.41) is 14.1. The average Bonchev–Trinajstić information content (AvgIpc) is 2.84. The highest BCUT2D eigenvalue weighted by Gasteiger charge is 2.30. The Balaban J connectivity index is 1.81. The first-order chi connectivity index (χ1) is 7.66. The summed E-state index contributed by atoms with van der Waals surface area (Å²) < 4.78 is 7.34. The molecular weight excluding hydrogens is 204 g/mol. The number of aryl methyl sites for hydroxylation is 2. The van der Waals surface area contributed by atoms with Crippen LogP contribution in [-0.2, 0) is 18.2 Å². The Labute approximate surface area is 96.2 Å². The fourth-order valence-electron chi connectivity index (χ4n) is 2.29. The third-order valence-corrected chi connectivity index (χ3v) is 3.31. The van der Waals surface area contributed by atoms with Crippen molar-refractivity contribution in [2.75, 3.05) is 6.61 Å². The Kier molecular flexibility index (Phi) is 3.61. The minimum absolute atomic E-state index is 0.0247. The van der Waals surface area contributed by atoms with Gasteiger partial charge in [-0.3, -0.25) is 4.68 Å². The molecule has 1 fully saturated rings. The Bertz CT molecular complexity index is 338. The van der Waals surface area contributed by atoms with Crippen molar-refractivity contribution >= 4 is 0 Å². The highest BCUT2D eigenvalue weighted by Crippen LogP contribution is 2.24. The summed E-state index contributed by atoms with van der Waals surface area (Å²) in [4.78, 5) is 0. The molecule has 0 aromatic carbocycles. The highest BCUT2D eigenvalue weighted by atomic mass is 16.5. The van der Waals surface area contributed by atoms with Crippen LogP contribution in [0.2, 0.25) is 0 Å². The zero-order valence-corrected chi connectivity index (χ0v) is 9.97. The van der Waals surface area contributed by atoms with Crippen molar-refractivity contribution in [1.29, 1.82) is 0 Å². The normalized spacial score (nSPS) is 27.2. The molecule has 1 N–H and O–H groups in total. The first-order valence-electron chi connectivity index (χ1n) is 5.94. The van der Waals surface area contributed by atoms with Crippen LogP contribution in [0.25, 0.3) is 0 Å². The quantitative estimate of drug-likeness (QED) is 0.834. The van der Waals surface area contributed by atoms with Crippen molar-refractivity contribution < 1.29 is 9.84 Å². The van der Waals surface area contributed by atoms with Crippen molar-refractivity contribution in [2.24, 2.45) is 13.0 Å². The number of hydrogen-bond acceptors (Lipinski definition) is 3. The van der Waals surface area contributed by atoms with E-state index in [0.29, 0.717) is 5.92 Å². The largest absolute Gasteiger partial charge is 0.390 e. The summed E-state index contributed by atoms with van der Waals surface area (Å²) in [7, 11) is 1.90. The molecule has 3 atom stereocenters. The first kappa shape index (κ1) is 11.6. The molecule has 0 spiro atoms. The molecular formula is C12H20N2O2. The summed E-state index contributed by atoms with van der Waals surface area (Å²) in [6.45, 7) is 2.93. The van der Waals surface area contributed by atoms with E-state index in [-0.39, 0.29) is 12.2 Å². The summed E-state index contributed by atoms with van der Waals surface area (Å²) in [5.74, 6) is 0.476. The van der Waals surface area contributed by atoms with Crippen LogP contribution in [0.15, 0.2) is 12.4 Å². The van der Waals surface area contributed by atoms with Crippen molar-refractivity contribution in [1.82, 2.24) is 9.78 Å². The minimum atomic E-state index is -0.349. The van der Waals surface area contributed by atoms with Gasteiger partial charge in [-0.15, -0.1) is 0 Å². The van der Waals surface area contributed by atoms with Crippen molar-refractivity contribution in [3.05, 3.63) is 18.0 Å². The van der Waals surface area contributed by atoms with Gasteiger partial charge in [0.05, 0.1) is 18.4 Å². The molecule has 0 bridgehead atoms. The van der Waals surface area contributed by atoms with Crippen LogP contribution in [-0.4, -0.2) is 33.7 Å². The van der Waals surface area contributed by atoms with Crippen LogP contribution in [0, 0.1) is 5.92 Å². The van der Waals surface area contributed by atoms with Gasteiger partial charge < -0.3 is 9.84 Å². The number of aromatic nitrogens is 2. The second kappa shape index (κ2) is 4.97. The fourth-order valence-corrected chi connectivity index (χ4v) is 2.29. The molecule has 4 heteroatoms. The number of hydrogen-bond donors (Lipinski definition) is 1. The molecule has 0 saturated carbocycles. The summed E-state index contributed by atoms with van der Waals surface area (Å²) in [6, 6.07) is 0. The molecule has 1 aliphatic heterocycles. The molecule has 1 aliphatic rings. The molecule has 90 valence electrons. The van der Waals surface area contributed by atoms with E-state index in [1.54, 1.807) is 4.68 Å². The van der Waals surface area contributed by atoms with E-state index in [4.69, 9.17) is 4.74 Å². The molecule has 1 aromatic heterocycles. The van der Waals surface area contributed by atoms with Gasteiger partial charge in [0.1, 0.15) is 0 Å². The van der Waals surface area contributed by atoms with Gasteiger partial charge in [0.2, 0.25) is 0 Å². The predicted molar refractivity (Wildman–Crippen MR) is 61.1 cm³/mol. The zero-order chi connectivity index (χ0) is 11.5. The predicted octanol–water partition coefficient (Wildman–Crippen LogP) is 1.14. The SMILES string of the molecule is CC1CCOC1C(O)CCc1cnn(C)c1. The lowest BCUT2D eigenvalue weighted by Crippen LogP contribution is -2.30. The third kappa shape index (κ3) is 2.62. The number of aliphatic hydroxyl groups excluding tert-OH is 1. The standard InChI is InChI=1S/C12H20N2O2/c1-9-5-6-16-12(9)11(15)4-3-10-7-13-14(2)8-10/h7-9,11-12,15H,3-6H2,1-2H3. The van der Waals surface area contributed by atoms with Gasteiger partial charge in [0.25, 0.3) is 0 Å². The Morgan fingerprint density at radius 1 is 1.69 bits per heavy atom. The summed E-state index contributed by atoms with van der Waals surface area (Å²) in [5.41, 5.74) is 1.17. The van der Waals surface area contributed by atoms with Gasteiger partial charge in [-0.05, 0) is 30.7 Å². The van der Waals surface area contributed by atoms with Crippen molar-refractivity contribution in [3.8, 4) is 0 Å². The van der Waals surface area contributed by atoms with Crippen LogP contribution in [0.4, 0.5) is 0 Å². The van der Waals surface area contributed by atoms with Crippen LogP contribution >= 0.6 is 0 Å². The van der Waals surface area contributed by atoms with Gasteiger partial charge in [0.15, 0.2) is 0 Å². The van der Waals surface area contributed by atoms with Gasteiger partial charge in [-0.25, -0.2) is 0 Å². The van der Waals surface area contributed by atoms with E-state index < -0.39 is 0 Å². The zero-order valence-electron chi connectivity index (χ0n) is 9.97. The molecule has 4 nitrogen and oxygen atoms in total. The maximum absolute atomic E-state index is 10.0. The van der Waals surface area contributed by atoms with E-state index >= 15 is 0 Å². The van der Waals surface area contributed by atoms with Gasteiger partial charge >= 0.3 is 0 Å². The lowest BCUT2D eigenvalue weighted by Gasteiger charge is -2.20. The van der Waals surface area contributed by atoms with Crippen molar-refractivity contribution in [3.63, 3.8) is 0 Å². The van der Waals surface area contributed by atoms with Gasteiger partial charge in [-0.1, -0.05) is 6.92 Å². The Morgan fingerprint density at radius 2 is 2.50 bits per heavy atom. The summed E-state index contributed by atoms with van der Waals surface area (Å²) in [6.07, 6.45) is 6.20. The lowest BCUT2D eigenvalue weighted by atomic mass is 9.96. The lowest BCUT2D eigenvalue weighted by molar-refractivity contribution is -0.0197. The smallest absolute Gasteiger partial charge is 0.0860 e. The van der Waals surface area contributed by atoms with E-state index in [2.05, 4.69) is 12.0 Å². The third-order valence-electron chi connectivity index (χ3n) is 3.31. The topological polar surface area (TPSA) is 47.3 Å². The maximum Gasteiger partial charge on any atom is 0.0860 e. The van der Waals surface area contributed by atoms with E-state index in [0.717, 1.165) is 25.9 Å². The molecule has 16 heavy (non-hydrogen) atoms. The van der Waals surface area contributed by atoms with Crippen LogP contribution in [0.5, 0.6) is 0 Å². The fraction of sp³-hybridized carbons (Fsp3) is 0.750. The Hall–Kier alpha value is -0.870. The van der Waals surface area contributed by atoms with Crippen LogP contribution < -0.4 is 0 Å². The molecule has 0 amide bonds. The molecule has 2 heterocycles. The van der Waals surface area contributed by atoms with E-state index in [1.807, 2.05) is 19.4 Å². The molecule has 0 aliphatic carbocycles. The molecule has 1 saturated heterocycles.